The zero-order valence-electron chi connectivity index (χ0n) is 16.6. The Bertz CT molecular complexity index is 993. The molecule has 0 heterocycles. The number of nitrogens with one attached hydrogen (secondary N) is 1. The van der Waals surface area contributed by atoms with E-state index in [1.54, 1.807) is 7.11 Å². The summed E-state index contributed by atoms with van der Waals surface area (Å²) < 4.78 is 5.14. The Morgan fingerprint density at radius 1 is 0.897 bits per heavy atom. The molecular weight excluding hydrogens is 358 g/mol. The van der Waals surface area contributed by atoms with Crippen LogP contribution in [0.15, 0.2) is 72.8 Å². The molecular formula is C26H25NO2. The van der Waals surface area contributed by atoms with E-state index in [2.05, 4.69) is 53.8 Å². The van der Waals surface area contributed by atoms with Crippen LogP contribution in [0.1, 0.15) is 56.4 Å². The molecule has 3 nitrogen and oxygen atoms in total. The molecule has 1 unspecified atom stereocenters. The molecule has 2 bridgehead atoms. The van der Waals surface area contributed by atoms with Crippen LogP contribution in [-0.4, -0.2) is 19.6 Å². The number of methoxy groups -OCH3 is 1. The SMILES string of the molecule is COCc1ccc(C(=O)NCC2CC3c4ccccc4C2c2ccccc23)cc1. The first kappa shape index (κ1) is 18.1. The molecule has 29 heavy (non-hydrogen) atoms. The fourth-order valence-corrected chi connectivity index (χ4v) is 5.20. The lowest BCUT2D eigenvalue weighted by atomic mass is 9.59. The molecule has 3 aliphatic rings. The molecule has 6 rings (SSSR count). The van der Waals surface area contributed by atoms with Gasteiger partial charge in [0.1, 0.15) is 0 Å². The highest BCUT2D eigenvalue weighted by atomic mass is 16.5. The number of rotatable bonds is 5. The molecule has 0 aromatic heterocycles. The van der Waals surface area contributed by atoms with Gasteiger partial charge in [0.25, 0.3) is 5.91 Å². The molecule has 1 amide bonds. The Morgan fingerprint density at radius 3 is 2.07 bits per heavy atom. The summed E-state index contributed by atoms with van der Waals surface area (Å²) in [5, 5.41) is 3.20. The molecule has 0 saturated heterocycles. The van der Waals surface area contributed by atoms with Crippen LogP contribution in [-0.2, 0) is 11.3 Å². The lowest BCUT2D eigenvalue weighted by molar-refractivity contribution is 0.0943. The summed E-state index contributed by atoms with van der Waals surface area (Å²) in [4.78, 5) is 12.7. The van der Waals surface area contributed by atoms with Gasteiger partial charge >= 0.3 is 0 Å². The zero-order chi connectivity index (χ0) is 19.8. The van der Waals surface area contributed by atoms with Crippen molar-refractivity contribution < 1.29 is 9.53 Å². The Morgan fingerprint density at radius 2 is 1.48 bits per heavy atom. The van der Waals surface area contributed by atoms with Crippen molar-refractivity contribution in [2.24, 2.45) is 5.92 Å². The Kier molecular flexibility index (Phi) is 4.69. The van der Waals surface area contributed by atoms with Gasteiger partial charge in [-0.2, -0.15) is 0 Å². The lowest BCUT2D eigenvalue weighted by Crippen LogP contribution is -2.39. The minimum absolute atomic E-state index is 0.00279. The first-order chi connectivity index (χ1) is 14.3. The van der Waals surface area contributed by atoms with Crippen LogP contribution in [0, 0.1) is 5.92 Å². The standard InChI is InChI=1S/C26H25NO2/c1-29-16-17-10-12-18(13-11-17)26(28)27-15-19-14-24-20-6-2-4-8-22(20)25(19)23-9-5-3-7-21(23)24/h2-13,19,24-25H,14-16H2,1H3,(H,27,28). The Labute approximate surface area is 171 Å². The van der Waals surface area contributed by atoms with Crippen LogP contribution < -0.4 is 5.32 Å². The van der Waals surface area contributed by atoms with E-state index in [-0.39, 0.29) is 5.91 Å². The third-order valence-electron chi connectivity index (χ3n) is 6.47. The number of ether oxygens (including phenoxy) is 1. The number of amides is 1. The maximum atomic E-state index is 12.7. The average molecular weight is 383 g/mol. The average Bonchev–Trinajstić information content (AvgIpc) is 2.78. The predicted octanol–water partition coefficient (Wildman–Crippen LogP) is 4.86. The van der Waals surface area contributed by atoms with Gasteiger partial charge in [0.15, 0.2) is 0 Å². The quantitative estimate of drug-likeness (QED) is 0.683. The first-order valence-corrected chi connectivity index (χ1v) is 10.3. The van der Waals surface area contributed by atoms with Gasteiger partial charge in [-0.05, 0) is 52.3 Å². The van der Waals surface area contributed by atoms with Crippen LogP contribution in [0.2, 0.25) is 0 Å². The summed E-state index contributed by atoms with van der Waals surface area (Å²) in [6.45, 7) is 1.26. The van der Waals surface area contributed by atoms with Gasteiger partial charge in [0.2, 0.25) is 0 Å². The van der Waals surface area contributed by atoms with Crippen molar-refractivity contribution in [1.29, 1.82) is 0 Å². The van der Waals surface area contributed by atoms with Gasteiger partial charge in [0, 0.05) is 31.1 Å². The third-order valence-corrected chi connectivity index (χ3v) is 6.47. The maximum absolute atomic E-state index is 12.7. The van der Waals surface area contributed by atoms with Crippen molar-refractivity contribution in [3.05, 3.63) is 106 Å². The van der Waals surface area contributed by atoms with Crippen LogP contribution in [0.4, 0.5) is 0 Å². The van der Waals surface area contributed by atoms with E-state index in [4.69, 9.17) is 4.74 Å². The first-order valence-electron chi connectivity index (χ1n) is 10.3. The zero-order valence-corrected chi connectivity index (χ0v) is 16.6. The minimum Gasteiger partial charge on any atom is -0.380 e. The van der Waals surface area contributed by atoms with Gasteiger partial charge < -0.3 is 10.1 Å². The summed E-state index contributed by atoms with van der Waals surface area (Å²) in [7, 11) is 1.68. The molecule has 0 spiro atoms. The number of fused-ring (bicyclic) bond motifs is 1. The number of carbonyl (C=O) groups excluding carboxylic acids is 1. The second-order valence-corrected chi connectivity index (χ2v) is 8.12. The molecule has 3 aliphatic carbocycles. The highest BCUT2D eigenvalue weighted by molar-refractivity contribution is 5.94. The number of hydrogen-bond acceptors (Lipinski definition) is 2. The van der Waals surface area contributed by atoms with E-state index in [1.807, 2.05) is 24.3 Å². The van der Waals surface area contributed by atoms with Crippen molar-refractivity contribution in [2.45, 2.75) is 24.9 Å². The predicted molar refractivity (Wildman–Crippen MR) is 114 cm³/mol. The second kappa shape index (κ2) is 7.49. The van der Waals surface area contributed by atoms with E-state index in [9.17, 15) is 4.79 Å². The normalized spacial score (nSPS) is 21.3. The summed E-state index contributed by atoms with van der Waals surface area (Å²) in [5.41, 5.74) is 7.57. The molecule has 3 heteroatoms. The molecule has 3 aromatic rings. The lowest BCUT2D eigenvalue weighted by Gasteiger charge is -2.45. The minimum atomic E-state index is -0.00279. The van der Waals surface area contributed by atoms with Crippen LogP contribution in [0.5, 0.6) is 0 Å². The molecule has 0 aliphatic heterocycles. The molecule has 1 atom stereocenters. The smallest absolute Gasteiger partial charge is 0.251 e. The van der Waals surface area contributed by atoms with Gasteiger partial charge in [-0.15, -0.1) is 0 Å². The third kappa shape index (κ3) is 3.16. The van der Waals surface area contributed by atoms with Gasteiger partial charge in [0.05, 0.1) is 6.61 Å². The molecule has 0 radical (unpaired) electrons. The fourth-order valence-electron chi connectivity index (χ4n) is 5.20. The summed E-state index contributed by atoms with van der Waals surface area (Å²) >= 11 is 0. The highest BCUT2D eigenvalue weighted by Gasteiger charge is 2.42. The number of hydrogen-bond donors (Lipinski definition) is 1. The molecule has 0 saturated carbocycles. The van der Waals surface area contributed by atoms with Crippen molar-refractivity contribution >= 4 is 5.91 Å². The van der Waals surface area contributed by atoms with Gasteiger partial charge in [-0.25, -0.2) is 0 Å². The van der Waals surface area contributed by atoms with E-state index >= 15 is 0 Å². The van der Waals surface area contributed by atoms with Crippen LogP contribution in [0.25, 0.3) is 0 Å². The molecule has 1 N–H and O–H groups in total. The Hall–Kier alpha value is -2.91. The molecule has 0 fully saturated rings. The van der Waals surface area contributed by atoms with Gasteiger partial charge in [-0.3, -0.25) is 4.79 Å². The van der Waals surface area contributed by atoms with Crippen LogP contribution >= 0.6 is 0 Å². The summed E-state index contributed by atoms with van der Waals surface area (Å²) in [6, 6.07) is 25.3. The highest BCUT2D eigenvalue weighted by Crippen LogP contribution is 2.55. The number of benzene rings is 3. The monoisotopic (exact) mass is 383 g/mol. The maximum Gasteiger partial charge on any atom is 0.251 e. The summed E-state index contributed by atoms with van der Waals surface area (Å²) in [6.07, 6.45) is 1.09. The van der Waals surface area contributed by atoms with E-state index in [0.717, 1.165) is 12.0 Å². The Balaban J connectivity index is 1.36. The van der Waals surface area contributed by atoms with Crippen molar-refractivity contribution in [3.8, 4) is 0 Å². The summed E-state index contributed by atoms with van der Waals surface area (Å²) in [5.74, 6) is 1.21. The van der Waals surface area contributed by atoms with E-state index in [0.29, 0.717) is 36.5 Å². The molecule has 146 valence electrons. The molecule has 3 aromatic carbocycles. The van der Waals surface area contributed by atoms with Crippen molar-refractivity contribution in [3.63, 3.8) is 0 Å². The van der Waals surface area contributed by atoms with E-state index in [1.165, 1.54) is 22.3 Å². The van der Waals surface area contributed by atoms with Crippen molar-refractivity contribution in [1.82, 2.24) is 5.32 Å². The fraction of sp³-hybridized carbons (Fsp3) is 0.269. The number of carbonyl (C=O) groups is 1. The second-order valence-electron chi connectivity index (χ2n) is 8.12. The van der Waals surface area contributed by atoms with Gasteiger partial charge in [-0.1, -0.05) is 60.7 Å². The van der Waals surface area contributed by atoms with Crippen molar-refractivity contribution in [2.75, 3.05) is 13.7 Å². The topological polar surface area (TPSA) is 38.3 Å². The largest absolute Gasteiger partial charge is 0.380 e. The van der Waals surface area contributed by atoms with Crippen LogP contribution in [0.3, 0.4) is 0 Å². The van der Waals surface area contributed by atoms with E-state index < -0.39 is 0 Å².